The predicted octanol–water partition coefficient (Wildman–Crippen LogP) is 4.60. The van der Waals surface area contributed by atoms with Crippen molar-refractivity contribution in [1.82, 2.24) is 9.88 Å². The molecule has 0 amide bonds. The normalized spacial score (nSPS) is 23.8. The average Bonchev–Trinajstić information content (AvgIpc) is 2.76. The summed E-state index contributed by atoms with van der Waals surface area (Å²) >= 11 is 7.63. The molecule has 2 heterocycles. The van der Waals surface area contributed by atoms with Crippen LogP contribution in [0, 0.1) is 0 Å². The fourth-order valence-electron chi connectivity index (χ4n) is 2.85. The quantitative estimate of drug-likeness (QED) is 0.752. The van der Waals surface area contributed by atoms with E-state index in [1.165, 1.54) is 37.2 Å². The van der Waals surface area contributed by atoms with E-state index in [-0.39, 0.29) is 0 Å². The molecule has 0 aliphatic carbocycles. The van der Waals surface area contributed by atoms with E-state index in [0.29, 0.717) is 18.0 Å². The van der Waals surface area contributed by atoms with Crippen LogP contribution >= 0.6 is 22.9 Å². The topological polar surface area (TPSA) is 16.1 Å². The molecule has 18 heavy (non-hydrogen) atoms. The number of rotatable bonds is 4. The molecule has 102 valence electrons. The van der Waals surface area contributed by atoms with E-state index in [0.717, 1.165) is 12.1 Å². The first kappa shape index (κ1) is 14.3. The number of alkyl halides is 1. The smallest absolute Gasteiger partial charge is 0.110 e. The van der Waals surface area contributed by atoms with Crippen molar-refractivity contribution in [3.63, 3.8) is 0 Å². The SMILES string of the molecule is CCC(c1nc(CCl)cs1)N1CCCCCC1C. The Morgan fingerprint density at radius 3 is 3.00 bits per heavy atom. The van der Waals surface area contributed by atoms with Gasteiger partial charge in [0, 0.05) is 11.4 Å². The van der Waals surface area contributed by atoms with Crippen LogP contribution in [0.2, 0.25) is 0 Å². The van der Waals surface area contributed by atoms with Crippen LogP contribution in [-0.4, -0.2) is 22.5 Å². The van der Waals surface area contributed by atoms with Gasteiger partial charge in [-0.2, -0.15) is 0 Å². The van der Waals surface area contributed by atoms with Gasteiger partial charge in [0.05, 0.1) is 17.6 Å². The lowest BCUT2D eigenvalue weighted by Gasteiger charge is -2.33. The number of hydrogen-bond acceptors (Lipinski definition) is 3. The highest BCUT2D eigenvalue weighted by atomic mass is 35.5. The zero-order valence-electron chi connectivity index (χ0n) is 11.4. The van der Waals surface area contributed by atoms with E-state index >= 15 is 0 Å². The standard InChI is InChI=1S/C14H23ClN2S/c1-3-13(14-16-12(9-15)10-18-14)17-8-6-4-5-7-11(17)2/h10-11,13H,3-9H2,1-2H3. The van der Waals surface area contributed by atoms with Crippen LogP contribution < -0.4 is 0 Å². The highest BCUT2D eigenvalue weighted by Gasteiger charge is 2.26. The molecule has 1 aliphatic rings. The van der Waals surface area contributed by atoms with Gasteiger partial charge in [0.1, 0.15) is 5.01 Å². The summed E-state index contributed by atoms with van der Waals surface area (Å²) in [6.45, 7) is 5.85. The molecule has 2 atom stereocenters. The molecule has 1 fully saturated rings. The monoisotopic (exact) mass is 286 g/mol. The van der Waals surface area contributed by atoms with Crippen molar-refractivity contribution in [2.45, 2.75) is 63.9 Å². The minimum Gasteiger partial charge on any atom is -0.291 e. The molecule has 0 bridgehead atoms. The maximum Gasteiger partial charge on any atom is 0.110 e. The molecular weight excluding hydrogens is 264 g/mol. The Morgan fingerprint density at radius 2 is 2.33 bits per heavy atom. The number of halogens is 1. The van der Waals surface area contributed by atoms with Crippen molar-refractivity contribution < 1.29 is 0 Å². The first-order valence-electron chi connectivity index (χ1n) is 7.02. The Hall–Kier alpha value is -0.120. The maximum absolute atomic E-state index is 5.86. The third kappa shape index (κ3) is 3.25. The van der Waals surface area contributed by atoms with Gasteiger partial charge in [-0.3, -0.25) is 4.90 Å². The van der Waals surface area contributed by atoms with Crippen LogP contribution in [-0.2, 0) is 5.88 Å². The van der Waals surface area contributed by atoms with Crippen molar-refractivity contribution in [3.8, 4) is 0 Å². The van der Waals surface area contributed by atoms with Gasteiger partial charge in [-0.1, -0.05) is 19.8 Å². The van der Waals surface area contributed by atoms with Gasteiger partial charge in [0.15, 0.2) is 0 Å². The van der Waals surface area contributed by atoms with Gasteiger partial charge in [0.2, 0.25) is 0 Å². The summed E-state index contributed by atoms with van der Waals surface area (Å²) in [7, 11) is 0. The third-order valence-electron chi connectivity index (χ3n) is 3.88. The van der Waals surface area contributed by atoms with Crippen molar-refractivity contribution in [2.75, 3.05) is 6.54 Å². The Balaban J connectivity index is 2.15. The fraction of sp³-hybridized carbons (Fsp3) is 0.786. The molecule has 0 N–H and O–H groups in total. The van der Waals surface area contributed by atoms with E-state index in [4.69, 9.17) is 11.6 Å². The summed E-state index contributed by atoms with van der Waals surface area (Å²) < 4.78 is 0. The van der Waals surface area contributed by atoms with Crippen molar-refractivity contribution in [3.05, 3.63) is 16.1 Å². The summed E-state index contributed by atoms with van der Waals surface area (Å²) in [6, 6.07) is 1.17. The first-order valence-corrected chi connectivity index (χ1v) is 8.43. The van der Waals surface area contributed by atoms with Crippen LogP contribution in [0.15, 0.2) is 5.38 Å². The van der Waals surface area contributed by atoms with Gasteiger partial charge in [0.25, 0.3) is 0 Å². The number of aromatic nitrogens is 1. The van der Waals surface area contributed by atoms with Gasteiger partial charge in [-0.15, -0.1) is 22.9 Å². The predicted molar refractivity (Wildman–Crippen MR) is 79.3 cm³/mol. The second-order valence-corrected chi connectivity index (χ2v) is 6.33. The summed E-state index contributed by atoms with van der Waals surface area (Å²) in [4.78, 5) is 7.34. The average molecular weight is 287 g/mol. The molecule has 1 saturated heterocycles. The largest absolute Gasteiger partial charge is 0.291 e. The van der Waals surface area contributed by atoms with E-state index in [1.807, 2.05) is 0 Å². The van der Waals surface area contributed by atoms with Crippen LogP contribution in [0.25, 0.3) is 0 Å². The van der Waals surface area contributed by atoms with Gasteiger partial charge in [-0.05, 0) is 32.7 Å². The van der Waals surface area contributed by atoms with E-state index in [9.17, 15) is 0 Å². The Bertz CT molecular complexity index is 366. The van der Waals surface area contributed by atoms with Crippen LogP contribution in [0.3, 0.4) is 0 Å². The van der Waals surface area contributed by atoms with Crippen LogP contribution in [0.1, 0.15) is 62.7 Å². The number of hydrogen-bond donors (Lipinski definition) is 0. The second kappa shape index (κ2) is 6.88. The van der Waals surface area contributed by atoms with E-state index < -0.39 is 0 Å². The van der Waals surface area contributed by atoms with Crippen LogP contribution in [0.4, 0.5) is 0 Å². The third-order valence-corrected chi connectivity index (χ3v) is 5.15. The van der Waals surface area contributed by atoms with Crippen LogP contribution in [0.5, 0.6) is 0 Å². The Kier molecular flexibility index (Phi) is 5.46. The highest BCUT2D eigenvalue weighted by Crippen LogP contribution is 2.32. The molecule has 0 aromatic carbocycles. The molecule has 1 aromatic rings. The van der Waals surface area contributed by atoms with Crippen molar-refractivity contribution >= 4 is 22.9 Å². The van der Waals surface area contributed by atoms with Crippen molar-refractivity contribution in [1.29, 1.82) is 0 Å². The fourth-order valence-corrected chi connectivity index (χ4v) is 4.10. The summed E-state index contributed by atoms with van der Waals surface area (Å²) in [5.41, 5.74) is 1.03. The number of likely N-dealkylation sites (tertiary alicyclic amines) is 1. The summed E-state index contributed by atoms with van der Waals surface area (Å²) in [5.74, 6) is 0.530. The van der Waals surface area contributed by atoms with Crippen molar-refractivity contribution in [2.24, 2.45) is 0 Å². The number of thiazole rings is 1. The van der Waals surface area contributed by atoms with Gasteiger partial charge in [-0.25, -0.2) is 4.98 Å². The molecule has 0 saturated carbocycles. The van der Waals surface area contributed by atoms with Gasteiger partial charge < -0.3 is 0 Å². The molecule has 2 rings (SSSR count). The maximum atomic E-state index is 5.86. The van der Waals surface area contributed by atoms with Gasteiger partial charge >= 0.3 is 0 Å². The minimum atomic E-state index is 0.486. The molecule has 2 nitrogen and oxygen atoms in total. The molecular formula is C14H23ClN2S. The first-order chi connectivity index (χ1) is 8.76. The second-order valence-electron chi connectivity index (χ2n) is 5.17. The lowest BCUT2D eigenvalue weighted by atomic mass is 10.1. The molecule has 0 radical (unpaired) electrons. The lowest BCUT2D eigenvalue weighted by molar-refractivity contribution is 0.142. The van der Waals surface area contributed by atoms with E-state index in [1.54, 1.807) is 11.3 Å². The zero-order chi connectivity index (χ0) is 13.0. The minimum absolute atomic E-state index is 0.486. The molecule has 1 aliphatic heterocycles. The lowest BCUT2D eigenvalue weighted by Crippen LogP contribution is -2.36. The summed E-state index contributed by atoms with van der Waals surface area (Å²) in [5, 5.41) is 3.36. The van der Waals surface area contributed by atoms with E-state index in [2.05, 4.69) is 29.1 Å². The molecule has 0 spiro atoms. The molecule has 1 aromatic heterocycles. The molecule has 4 heteroatoms. The highest BCUT2D eigenvalue weighted by molar-refractivity contribution is 7.09. The molecule has 2 unspecified atom stereocenters. The Morgan fingerprint density at radius 1 is 1.50 bits per heavy atom. The Labute approximate surface area is 119 Å². The summed E-state index contributed by atoms with van der Waals surface area (Å²) in [6.07, 6.45) is 6.54. The number of nitrogens with zero attached hydrogens (tertiary/aromatic N) is 2. The zero-order valence-corrected chi connectivity index (χ0v) is 12.9.